The first kappa shape index (κ1) is 16.2. The predicted octanol–water partition coefficient (Wildman–Crippen LogP) is 4.87. The monoisotopic (exact) mass is 299 g/mol. The van der Waals surface area contributed by atoms with Crippen LogP contribution in [0.5, 0.6) is 11.5 Å². The van der Waals surface area contributed by atoms with Gasteiger partial charge in [0.2, 0.25) is 0 Å². The van der Waals surface area contributed by atoms with Crippen molar-refractivity contribution in [2.75, 3.05) is 11.9 Å². The Morgan fingerprint density at radius 3 is 2.14 bits per heavy atom. The second-order valence-electron chi connectivity index (χ2n) is 5.54. The van der Waals surface area contributed by atoms with Gasteiger partial charge in [-0.05, 0) is 62.2 Å². The van der Waals surface area contributed by atoms with Crippen LogP contribution in [0.2, 0.25) is 0 Å². The Kier molecular flexibility index (Phi) is 6.13. The summed E-state index contributed by atoms with van der Waals surface area (Å²) in [5.74, 6) is 1.83. The molecule has 0 radical (unpaired) electrons. The van der Waals surface area contributed by atoms with E-state index in [9.17, 15) is 0 Å². The third-order valence-corrected chi connectivity index (χ3v) is 3.12. The van der Waals surface area contributed by atoms with Crippen LogP contribution >= 0.6 is 0 Å². The van der Waals surface area contributed by atoms with Crippen molar-refractivity contribution in [1.29, 1.82) is 0 Å². The molecule has 0 aliphatic carbocycles. The minimum atomic E-state index is 0.201. The summed E-state index contributed by atoms with van der Waals surface area (Å²) in [6.07, 6.45) is 1.23. The van der Waals surface area contributed by atoms with Crippen LogP contribution in [0.3, 0.4) is 0 Å². The van der Waals surface area contributed by atoms with Crippen LogP contribution in [0.15, 0.2) is 48.5 Å². The molecule has 0 atom stereocenters. The smallest absolute Gasteiger partial charge is 0.119 e. The number of rotatable bonds is 8. The van der Waals surface area contributed by atoms with Gasteiger partial charge < -0.3 is 14.8 Å². The molecule has 2 rings (SSSR count). The van der Waals surface area contributed by atoms with E-state index in [1.54, 1.807) is 0 Å². The van der Waals surface area contributed by atoms with Crippen LogP contribution in [0.25, 0.3) is 0 Å². The fourth-order valence-corrected chi connectivity index (χ4v) is 2.05. The maximum atomic E-state index is 5.64. The molecular formula is C19H25NO2. The van der Waals surface area contributed by atoms with E-state index in [2.05, 4.69) is 24.4 Å². The average molecular weight is 299 g/mol. The Balaban J connectivity index is 1.84. The molecule has 0 aliphatic rings. The highest BCUT2D eigenvalue weighted by atomic mass is 16.5. The minimum Gasteiger partial charge on any atom is -0.494 e. The van der Waals surface area contributed by atoms with Crippen molar-refractivity contribution in [2.45, 2.75) is 39.8 Å². The molecule has 0 saturated carbocycles. The topological polar surface area (TPSA) is 30.5 Å². The predicted molar refractivity (Wildman–Crippen MR) is 91.8 cm³/mol. The van der Waals surface area contributed by atoms with Crippen LogP contribution in [-0.2, 0) is 6.54 Å². The van der Waals surface area contributed by atoms with Gasteiger partial charge in [0.15, 0.2) is 0 Å². The van der Waals surface area contributed by atoms with Gasteiger partial charge in [0.25, 0.3) is 0 Å². The molecular weight excluding hydrogens is 274 g/mol. The summed E-state index contributed by atoms with van der Waals surface area (Å²) in [4.78, 5) is 0. The Hall–Kier alpha value is -2.16. The molecule has 0 saturated heterocycles. The van der Waals surface area contributed by atoms with Crippen molar-refractivity contribution in [3.05, 3.63) is 54.1 Å². The van der Waals surface area contributed by atoms with Crippen LogP contribution < -0.4 is 14.8 Å². The largest absolute Gasteiger partial charge is 0.494 e. The number of hydrogen-bond acceptors (Lipinski definition) is 3. The zero-order chi connectivity index (χ0) is 15.8. The molecule has 0 unspecified atom stereocenters. The van der Waals surface area contributed by atoms with Gasteiger partial charge in [0, 0.05) is 12.2 Å². The maximum Gasteiger partial charge on any atom is 0.119 e. The van der Waals surface area contributed by atoms with Crippen molar-refractivity contribution in [3.8, 4) is 11.5 Å². The van der Waals surface area contributed by atoms with Gasteiger partial charge in [-0.15, -0.1) is 0 Å². The molecule has 118 valence electrons. The number of ether oxygens (including phenoxy) is 2. The van der Waals surface area contributed by atoms with Crippen molar-refractivity contribution in [3.63, 3.8) is 0 Å². The molecule has 22 heavy (non-hydrogen) atoms. The van der Waals surface area contributed by atoms with E-state index in [4.69, 9.17) is 9.47 Å². The fraction of sp³-hybridized carbons (Fsp3) is 0.368. The molecule has 2 aromatic carbocycles. The van der Waals surface area contributed by atoms with Gasteiger partial charge in [-0.3, -0.25) is 0 Å². The van der Waals surface area contributed by atoms with Crippen molar-refractivity contribution >= 4 is 5.69 Å². The van der Waals surface area contributed by atoms with Crippen LogP contribution in [0.1, 0.15) is 32.8 Å². The zero-order valence-electron chi connectivity index (χ0n) is 13.6. The lowest BCUT2D eigenvalue weighted by Crippen LogP contribution is -2.05. The van der Waals surface area contributed by atoms with Crippen LogP contribution in [-0.4, -0.2) is 12.7 Å². The second kappa shape index (κ2) is 8.32. The molecule has 0 aliphatic heterocycles. The summed E-state index contributed by atoms with van der Waals surface area (Å²) in [7, 11) is 0. The normalized spacial score (nSPS) is 10.5. The summed E-state index contributed by atoms with van der Waals surface area (Å²) in [5.41, 5.74) is 2.31. The van der Waals surface area contributed by atoms with E-state index >= 15 is 0 Å². The minimum absolute atomic E-state index is 0.201. The van der Waals surface area contributed by atoms with Crippen molar-refractivity contribution in [1.82, 2.24) is 0 Å². The molecule has 0 fully saturated rings. The van der Waals surface area contributed by atoms with Crippen LogP contribution in [0.4, 0.5) is 5.69 Å². The number of anilines is 1. The molecule has 0 heterocycles. The first-order chi connectivity index (χ1) is 10.7. The number of benzene rings is 2. The fourth-order valence-electron chi connectivity index (χ4n) is 2.05. The highest BCUT2D eigenvalue weighted by Gasteiger charge is 1.99. The Bertz CT molecular complexity index is 547. The van der Waals surface area contributed by atoms with Gasteiger partial charge in [-0.1, -0.05) is 19.1 Å². The second-order valence-corrected chi connectivity index (χ2v) is 5.54. The summed E-state index contributed by atoms with van der Waals surface area (Å²) in [5, 5.41) is 3.41. The van der Waals surface area contributed by atoms with Gasteiger partial charge in [0.1, 0.15) is 11.5 Å². The van der Waals surface area contributed by atoms with E-state index in [1.807, 2.05) is 50.2 Å². The van der Waals surface area contributed by atoms with Gasteiger partial charge >= 0.3 is 0 Å². The standard InChI is InChI=1S/C19H25NO2/c1-4-13-21-18-9-5-16(6-10-18)14-20-17-7-11-19(12-8-17)22-15(2)3/h5-12,15,20H,4,13-14H2,1-3H3. The van der Waals surface area contributed by atoms with E-state index in [0.717, 1.165) is 36.8 Å². The molecule has 0 spiro atoms. The number of hydrogen-bond donors (Lipinski definition) is 1. The highest BCUT2D eigenvalue weighted by molar-refractivity contribution is 5.47. The van der Waals surface area contributed by atoms with Crippen molar-refractivity contribution < 1.29 is 9.47 Å². The molecule has 3 heteroatoms. The SMILES string of the molecule is CCCOc1ccc(CNc2ccc(OC(C)C)cc2)cc1. The molecule has 1 N–H and O–H groups in total. The Morgan fingerprint density at radius 2 is 1.55 bits per heavy atom. The first-order valence-electron chi connectivity index (χ1n) is 7.89. The summed E-state index contributed by atoms with van der Waals surface area (Å²) in [6.45, 7) is 7.72. The van der Waals surface area contributed by atoms with E-state index in [0.29, 0.717) is 0 Å². The lowest BCUT2D eigenvalue weighted by Gasteiger charge is -2.11. The average Bonchev–Trinajstić information content (AvgIpc) is 2.53. The lowest BCUT2D eigenvalue weighted by atomic mass is 10.2. The Morgan fingerprint density at radius 1 is 0.909 bits per heavy atom. The number of nitrogens with one attached hydrogen (secondary N) is 1. The molecule has 0 amide bonds. The molecule has 0 bridgehead atoms. The van der Waals surface area contributed by atoms with Gasteiger partial charge in [-0.2, -0.15) is 0 Å². The molecule has 0 aromatic heterocycles. The van der Waals surface area contributed by atoms with E-state index < -0.39 is 0 Å². The first-order valence-corrected chi connectivity index (χ1v) is 7.89. The quantitative estimate of drug-likeness (QED) is 0.754. The van der Waals surface area contributed by atoms with E-state index in [1.165, 1.54) is 5.56 Å². The van der Waals surface area contributed by atoms with Gasteiger partial charge in [-0.25, -0.2) is 0 Å². The molecule has 2 aromatic rings. The van der Waals surface area contributed by atoms with E-state index in [-0.39, 0.29) is 6.10 Å². The third-order valence-electron chi connectivity index (χ3n) is 3.12. The summed E-state index contributed by atoms with van der Waals surface area (Å²) >= 11 is 0. The maximum absolute atomic E-state index is 5.64. The lowest BCUT2D eigenvalue weighted by molar-refractivity contribution is 0.242. The third kappa shape index (κ3) is 5.32. The van der Waals surface area contributed by atoms with Crippen molar-refractivity contribution in [2.24, 2.45) is 0 Å². The summed E-state index contributed by atoms with van der Waals surface area (Å²) < 4.78 is 11.2. The summed E-state index contributed by atoms with van der Waals surface area (Å²) in [6, 6.07) is 16.3. The van der Waals surface area contributed by atoms with Crippen LogP contribution in [0, 0.1) is 0 Å². The Labute approximate surface area is 133 Å². The zero-order valence-corrected chi connectivity index (χ0v) is 13.6. The molecule has 3 nitrogen and oxygen atoms in total. The highest BCUT2D eigenvalue weighted by Crippen LogP contribution is 2.18. The van der Waals surface area contributed by atoms with Gasteiger partial charge in [0.05, 0.1) is 12.7 Å².